The van der Waals surface area contributed by atoms with Crippen molar-refractivity contribution in [3.05, 3.63) is 47.0 Å². The van der Waals surface area contributed by atoms with Gasteiger partial charge in [0.15, 0.2) is 11.5 Å². The van der Waals surface area contributed by atoms with Gasteiger partial charge in [0.1, 0.15) is 0 Å². The van der Waals surface area contributed by atoms with Gasteiger partial charge in [-0.15, -0.1) is 26.3 Å². The number of rotatable bonds is 9. The first-order valence-electron chi connectivity index (χ1n) is 11.1. The molecule has 0 aliphatic heterocycles. The molecule has 0 spiro atoms. The van der Waals surface area contributed by atoms with Crippen LogP contribution in [0.2, 0.25) is 0 Å². The van der Waals surface area contributed by atoms with Crippen molar-refractivity contribution in [1.29, 1.82) is 0 Å². The summed E-state index contributed by atoms with van der Waals surface area (Å²) in [7, 11) is 0. The zero-order valence-corrected chi connectivity index (χ0v) is 20.0. The van der Waals surface area contributed by atoms with Crippen LogP contribution < -0.4 is 9.47 Å². The van der Waals surface area contributed by atoms with E-state index in [-0.39, 0.29) is 35.2 Å². The molecule has 10 heteroatoms. The lowest BCUT2D eigenvalue weighted by Crippen LogP contribution is -2.19. The fourth-order valence-corrected chi connectivity index (χ4v) is 3.61. The van der Waals surface area contributed by atoms with Gasteiger partial charge in [-0.2, -0.15) is 0 Å². The minimum absolute atomic E-state index is 0.0581. The largest absolute Gasteiger partial charge is 0.573 e. The molecule has 2 unspecified atom stereocenters. The molecule has 0 amide bonds. The molecule has 190 valence electrons. The maximum Gasteiger partial charge on any atom is 0.573 e. The molecular weight excluding hydrogens is 462 g/mol. The molecule has 0 aromatic carbocycles. The van der Waals surface area contributed by atoms with Gasteiger partial charge in [0.25, 0.3) is 0 Å². The van der Waals surface area contributed by atoms with Crippen LogP contribution in [0.1, 0.15) is 101 Å². The number of ether oxygens (including phenoxy) is 2. The lowest BCUT2D eigenvalue weighted by Gasteiger charge is -2.20. The second kappa shape index (κ2) is 10.8. The van der Waals surface area contributed by atoms with Crippen molar-refractivity contribution in [1.82, 2.24) is 9.97 Å². The highest BCUT2D eigenvalue weighted by molar-refractivity contribution is 5.37. The van der Waals surface area contributed by atoms with Crippen molar-refractivity contribution in [3.63, 3.8) is 0 Å². The third-order valence-electron chi connectivity index (χ3n) is 5.58. The first-order valence-corrected chi connectivity index (χ1v) is 11.1. The number of aromatic nitrogens is 2. The Labute approximate surface area is 195 Å². The zero-order chi connectivity index (χ0) is 25.8. The summed E-state index contributed by atoms with van der Waals surface area (Å²) in [4.78, 5) is 8.35. The first-order chi connectivity index (χ1) is 15.6. The third-order valence-corrected chi connectivity index (χ3v) is 5.58. The third kappa shape index (κ3) is 8.06. The summed E-state index contributed by atoms with van der Waals surface area (Å²) < 4.78 is 84.3. The standard InChI is InChI=1S/C24H30F6N2O2/c1-13(2)17-9-19(31-11-21(17)33-23(25,26)27)15(5)7-8-16(6)20-10-18(14(3)4)22(12-32-20)34-24(28,29)30/h9-16H,7-8H2,1-6H3. The van der Waals surface area contributed by atoms with E-state index in [9.17, 15) is 26.3 Å². The van der Waals surface area contributed by atoms with Crippen LogP contribution in [0.5, 0.6) is 11.5 Å². The predicted octanol–water partition coefficient (Wildman–Crippen LogP) is 8.21. The van der Waals surface area contributed by atoms with Crippen LogP contribution in [-0.4, -0.2) is 22.7 Å². The fraction of sp³-hybridized carbons (Fsp3) is 0.583. The Kier molecular flexibility index (Phi) is 8.82. The minimum Gasteiger partial charge on any atom is -0.404 e. The van der Waals surface area contributed by atoms with Crippen LogP contribution in [-0.2, 0) is 0 Å². The quantitative estimate of drug-likeness (QED) is 0.331. The van der Waals surface area contributed by atoms with E-state index >= 15 is 0 Å². The molecule has 2 aromatic rings. The van der Waals surface area contributed by atoms with Gasteiger partial charge in [-0.3, -0.25) is 9.97 Å². The van der Waals surface area contributed by atoms with Crippen LogP contribution in [0, 0.1) is 0 Å². The predicted molar refractivity (Wildman–Crippen MR) is 116 cm³/mol. The van der Waals surface area contributed by atoms with Gasteiger partial charge < -0.3 is 9.47 Å². The molecule has 34 heavy (non-hydrogen) atoms. The molecule has 2 rings (SSSR count). The average molecular weight is 493 g/mol. The van der Waals surface area contributed by atoms with Crippen molar-refractivity contribution in [3.8, 4) is 11.5 Å². The maximum absolute atomic E-state index is 12.7. The molecule has 2 heterocycles. The van der Waals surface area contributed by atoms with Crippen molar-refractivity contribution in [2.24, 2.45) is 0 Å². The topological polar surface area (TPSA) is 44.2 Å². The molecule has 0 bridgehead atoms. The molecule has 0 radical (unpaired) electrons. The summed E-state index contributed by atoms with van der Waals surface area (Å²) in [5.74, 6) is -1.12. The molecule has 0 fully saturated rings. The van der Waals surface area contributed by atoms with Crippen LogP contribution in [0.3, 0.4) is 0 Å². The van der Waals surface area contributed by atoms with Gasteiger partial charge in [0.05, 0.1) is 12.4 Å². The summed E-state index contributed by atoms with van der Waals surface area (Å²) in [6, 6.07) is 3.28. The fourth-order valence-electron chi connectivity index (χ4n) is 3.61. The van der Waals surface area contributed by atoms with Crippen molar-refractivity contribution in [2.75, 3.05) is 0 Å². The Bertz CT molecular complexity index is 880. The molecule has 2 aromatic heterocycles. The lowest BCUT2D eigenvalue weighted by molar-refractivity contribution is -0.276. The summed E-state index contributed by atoms with van der Waals surface area (Å²) in [6.07, 6.45) is -6.07. The Morgan fingerprint density at radius 3 is 1.24 bits per heavy atom. The highest BCUT2D eigenvalue weighted by atomic mass is 19.4. The molecule has 0 saturated carbocycles. The van der Waals surface area contributed by atoms with Crippen LogP contribution in [0.4, 0.5) is 26.3 Å². The lowest BCUT2D eigenvalue weighted by atomic mass is 9.90. The van der Waals surface area contributed by atoms with E-state index < -0.39 is 12.7 Å². The Balaban J connectivity index is 2.14. The van der Waals surface area contributed by atoms with Gasteiger partial charge in [0.2, 0.25) is 0 Å². The SMILES string of the molecule is CC(C)c1cc(C(C)CCC(C)c2cc(C(C)C)c(OC(F)(F)F)cn2)ncc1OC(F)(F)F. The number of alkyl halides is 6. The van der Waals surface area contributed by atoms with Gasteiger partial charge in [-0.25, -0.2) is 0 Å². The molecular formula is C24H30F6N2O2. The second-order valence-corrected chi connectivity index (χ2v) is 9.08. The van der Waals surface area contributed by atoms with E-state index in [0.29, 0.717) is 35.4 Å². The van der Waals surface area contributed by atoms with Crippen molar-refractivity contribution >= 4 is 0 Å². The van der Waals surface area contributed by atoms with E-state index in [1.165, 1.54) is 0 Å². The van der Waals surface area contributed by atoms with Gasteiger partial charge in [0, 0.05) is 22.5 Å². The van der Waals surface area contributed by atoms with Crippen LogP contribution in [0.25, 0.3) is 0 Å². The summed E-state index contributed by atoms with van der Waals surface area (Å²) in [5, 5.41) is 0. The van der Waals surface area contributed by atoms with Crippen molar-refractivity contribution in [2.45, 2.75) is 90.8 Å². The minimum atomic E-state index is -4.80. The van der Waals surface area contributed by atoms with Gasteiger partial charge >= 0.3 is 12.7 Å². The molecule has 0 aliphatic carbocycles. The molecule has 0 N–H and O–H groups in total. The Morgan fingerprint density at radius 2 is 0.971 bits per heavy atom. The molecule has 4 nitrogen and oxygen atoms in total. The molecule has 0 aliphatic rings. The average Bonchev–Trinajstić information content (AvgIpc) is 2.69. The second-order valence-electron chi connectivity index (χ2n) is 9.08. The number of pyridine rings is 2. The van der Waals surface area contributed by atoms with Crippen LogP contribution in [0.15, 0.2) is 24.5 Å². The first kappa shape index (κ1) is 27.7. The number of nitrogens with zero attached hydrogens (tertiary/aromatic N) is 2. The Morgan fingerprint density at radius 1 is 0.647 bits per heavy atom. The maximum atomic E-state index is 12.7. The van der Waals surface area contributed by atoms with Crippen LogP contribution >= 0.6 is 0 Å². The van der Waals surface area contributed by atoms with E-state index in [2.05, 4.69) is 19.4 Å². The monoisotopic (exact) mass is 492 g/mol. The molecule has 2 atom stereocenters. The Hall–Kier alpha value is -2.52. The van der Waals surface area contributed by atoms with Gasteiger partial charge in [-0.1, -0.05) is 41.5 Å². The van der Waals surface area contributed by atoms with E-state index in [1.807, 2.05) is 13.8 Å². The van der Waals surface area contributed by atoms with Gasteiger partial charge in [-0.05, 0) is 48.6 Å². The van der Waals surface area contributed by atoms with E-state index in [4.69, 9.17) is 0 Å². The van der Waals surface area contributed by atoms with E-state index in [0.717, 1.165) is 12.4 Å². The normalized spacial score (nSPS) is 14.4. The van der Waals surface area contributed by atoms with Crippen molar-refractivity contribution < 1.29 is 35.8 Å². The number of hydrogen-bond acceptors (Lipinski definition) is 4. The zero-order valence-electron chi connectivity index (χ0n) is 20.0. The molecule has 0 saturated heterocycles. The smallest absolute Gasteiger partial charge is 0.404 e. The number of hydrogen-bond donors (Lipinski definition) is 0. The summed E-state index contributed by atoms with van der Waals surface area (Å²) >= 11 is 0. The summed E-state index contributed by atoms with van der Waals surface area (Å²) in [5.41, 5.74) is 2.14. The highest BCUT2D eigenvalue weighted by Gasteiger charge is 2.34. The summed E-state index contributed by atoms with van der Waals surface area (Å²) in [6.45, 7) is 11.0. The number of halogens is 6. The van der Waals surface area contributed by atoms with E-state index in [1.54, 1.807) is 39.8 Å². The highest BCUT2D eigenvalue weighted by Crippen LogP contribution is 2.36.